The molecule has 2 aromatic rings. The van der Waals surface area contributed by atoms with Gasteiger partial charge in [-0.25, -0.2) is 9.18 Å². The normalized spacial score (nSPS) is 16.1. The molecular formula is C18H17ClFN3O4. The molecule has 0 aromatic heterocycles. The average molecular weight is 394 g/mol. The zero-order chi connectivity index (χ0) is 19.6. The summed E-state index contributed by atoms with van der Waals surface area (Å²) >= 11 is 5.66. The van der Waals surface area contributed by atoms with Crippen molar-refractivity contribution in [3.05, 3.63) is 47.2 Å². The summed E-state index contributed by atoms with van der Waals surface area (Å²) in [6.07, 6.45) is 0. The molecule has 27 heavy (non-hydrogen) atoms. The van der Waals surface area contributed by atoms with Crippen molar-refractivity contribution >= 4 is 29.2 Å². The van der Waals surface area contributed by atoms with Gasteiger partial charge in [-0.3, -0.25) is 4.79 Å². The second-order valence-corrected chi connectivity index (χ2v) is 6.25. The third-order valence-corrected chi connectivity index (χ3v) is 4.40. The molecule has 9 heteroatoms. The lowest BCUT2D eigenvalue weighted by Crippen LogP contribution is -2.40. The molecular weight excluding hydrogens is 377 g/mol. The molecule has 1 atom stereocenters. The molecule has 1 aliphatic rings. The number of likely N-dealkylation sites (N-methyl/N-ethyl adjacent to an activating group) is 1. The van der Waals surface area contributed by atoms with Crippen molar-refractivity contribution in [1.29, 1.82) is 0 Å². The maximum absolute atomic E-state index is 13.6. The third-order valence-electron chi connectivity index (χ3n) is 4.09. The SMILES string of the molecule is COc1ccc(Oc2ccc(Cl)c(F)c2)cc1NC(=O)C1CNC(=O)N1C. The zero-order valence-corrected chi connectivity index (χ0v) is 15.3. The van der Waals surface area contributed by atoms with Gasteiger partial charge in [0, 0.05) is 25.7 Å². The Morgan fingerprint density at radius 3 is 2.63 bits per heavy atom. The number of halogens is 2. The van der Waals surface area contributed by atoms with E-state index in [0.29, 0.717) is 17.2 Å². The maximum Gasteiger partial charge on any atom is 0.317 e. The van der Waals surface area contributed by atoms with Crippen LogP contribution < -0.4 is 20.1 Å². The van der Waals surface area contributed by atoms with Crippen LogP contribution >= 0.6 is 11.6 Å². The molecule has 3 amide bonds. The van der Waals surface area contributed by atoms with Crippen LogP contribution in [0.25, 0.3) is 0 Å². The minimum Gasteiger partial charge on any atom is -0.495 e. The highest BCUT2D eigenvalue weighted by Crippen LogP contribution is 2.32. The number of benzene rings is 2. The van der Waals surface area contributed by atoms with E-state index in [1.807, 2.05) is 0 Å². The second-order valence-electron chi connectivity index (χ2n) is 5.84. The molecule has 1 heterocycles. The fourth-order valence-corrected chi connectivity index (χ4v) is 2.71. The molecule has 1 aliphatic heterocycles. The highest BCUT2D eigenvalue weighted by Gasteiger charge is 2.33. The number of carbonyl (C=O) groups excluding carboxylic acids is 2. The summed E-state index contributed by atoms with van der Waals surface area (Å²) < 4.78 is 24.4. The van der Waals surface area contributed by atoms with Crippen LogP contribution in [0.1, 0.15) is 0 Å². The lowest BCUT2D eigenvalue weighted by atomic mass is 10.2. The number of amides is 3. The van der Waals surface area contributed by atoms with E-state index in [4.69, 9.17) is 21.1 Å². The van der Waals surface area contributed by atoms with Gasteiger partial charge in [-0.05, 0) is 24.3 Å². The molecule has 2 N–H and O–H groups in total. The van der Waals surface area contributed by atoms with Crippen LogP contribution in [0.4, 0.5) is 14.9 Å². The van der Waals surface area contributed by atoms with Crippen LogP contribution in [0.3, 0.4) is 0 Å². The van der Waals surface area contributed by atoms with Crippen molar-refractivity contribution in [2.24, 2.45) is 0 Å². The predicted molar refractivity (Wildman–Crippen MR) is 98.1 cm³/mol. The first-order chi connectivity index (χ1) is 12.9. The third kappa shape index (κ3) is 4.06. The molecule has 2 aromatic carbocycles. The summed E-state index contributed by atoms with van der Waals surface area (Å²) in [5.74, 6) is 0.0610. The summed E-state index contributed by atoms with van der Waals surface area (Å²) in [7, 11) is 3.01. The van der Waals surface area contributed by atoms with Gasteiger partial charge in [0.2, 0.25) is 5.91 Å². The van der Waals surface area contributed by atoms with Crippen molar-refractivity contribution in [2.75, 3.05) is 26.0 Å². The second kappa shape index (κ2) is 7.71. The number of nitrogens with one attached hydrogen (secondary N) is 2. The van der Waals surface area contributed by atoms with Gasteiger partial charge in [-0.15, -0.1) is 0 Å². The first-order valence-electron chi connectivity index (χ1n) is 8.01. The van der Waals surface area contributed by atoms with Crippen LogP contribution in [0.15, 0.2) is 36.4 Å². The standard InChI is InChI=1S/C18H17ClFN3O4/c1-23-15(9-21-18(23)25)17(24)22-14-8-11(4-6-16(14)26-2)27-10-3-5-12(19)13(20)7-10/h3-8,15H,9H2,1-2H3,(H,21,25)(H,22,24). The first-order valence-corrected chi connectivity index (χ1v) is 8.39. The van der Waals surface area contributed by atoms with Crippen LogP contribution in [0, 0.1) is 5.82 Å². The Labute approximate surface area is 160 Å². The number of hydrogen-bond acceptors (Lipinski definition) is 4. The number of anilines is 1. The summed E-state index contributed by atoms with van der Waals surface area (Å²) in [5, 5.41) is 5.31. The lowest BCUT2D eigenvalue weighted by Gasteiger charge is -2.19. The fourth-order valence-electron chi connectivity index (χ4n) is 2.60. The lowest BCUT2D eigenvalue weighted by molar-refractivity contribution is -0.119. The Morgan fingerprint density at radius 1 is 1.30 bits per heavy atom. The number of hydrogen-bond donors (Lipinski definition) is 2. The van der Waals surface area contributed by atoms with Crippen molar-refractivity contribution < 1.29 is 23.5 Å². The molecule has 3 rings (SSSR count). The molecule has 0 spiro atoms. The Morgan fingerprint density at radius 2 is 2.00 bits per heavy atom. The summed E-state index contributed by atoms with van der Waals surface area (Å²) in [4.78, 5) is 25.3. The Kier molecular flexibility index (Phi) is 5.36. The van der Waals surface area contributed by atoms with Gasteiger partial charge < -0.3 is 25.0 Å². The van der Waals surface area contributed by atoms with Gasteiger partial charge in [-0.1, -0.05) is 11.6 Å². The van der Waals surface area contributed by atoms with Crippen LogP contribution in [-0.4, -0.2) is 43.6 Å². The maximum atomic E-state index is 13.6. The quantitative estimate of drug-likeness (QED) is 0.817. The minimum absolute atomic E-state index is 0.00567. The smallest absolute Gasteiger partial charge is 0.317 e. The van der Waals surface area contributed by atoms with Crippen molar-refractivity contribution in [3.63, 3.8) is 0 Å². The van der Waals surface area contributed by atoms with Gasteiger partial charge in [0.15, 0.2) is 0 Å². The van der Waals surface area contributed by atoms with Crippen molar-refractivity contribution in [2.45, 2.75) is 6.04 Å². The van der Waals surface area contributed by atoms with E-state index in [2.05, 4.69) is 10.6 Å². The van der Waals surface area contributed by atoms with E-state index in [9.17, 15) is 14.0 Å². The van der Waals surface area contributed by atoms with Gasteiger partial charge in [0.1, 0.15) is 29.1 Å². The van der Waals surface area contributed by atoms with Crippen LogP contribution in [0.2, 0.25) is 5.02 Å². The Balaban J connectivity index is 1.80. The number of nitrogens with zero attached hydrogens (tertiary/aromatic N) is 1. The molecule has 7 nitrogen and oxygen atoms in total. The molecule has 0 bridgehead atoms. The van der Waals surface area contributed by atoms with E-state index in [0.717, 1.165) is 6.07 Å². The summed E-state index contributed by atoms with van der Waals surface area (Å²) in [6, 6.07) is 7.90. The van der Waals surface area contributed by atoms with Crippen LogP contribution in [-0.2, 0) is 4.79 Å². The summed E-state index contributed by atoms with van der Waals surface area (Å²) in [6.45, 7) is 0.212. The molecule has 1 unspecified atom stereocenters. The highest BCUT2D eigenvalue weighted by molar-refractivity contribution is 6.30. The van der Waals surface area contributed by atoms with E-state index in [-0.39, 0.29) is 29.3 Å². The topological polar surface area (TPSA) is 79.9 Å². The first kappa shape index (κ1) is 18.8. The largest absolute Gasteiger partial charge is 0.495 e. The van der Waals surface area contributed by atoms with E-state index in [1.54, 1.807) is 25.2 Å². The number of urea groups is 1. The average Bonchev–Trinajstić information content (AvgIpc) is 2.97. The van der Waals surface area contributed by atoms with Gasteiger partial charge in [-0.2, -0.15) is 0 Å². The highest BCUT2D eigenvalue weighted by atomic mass is 35.5. The molecule has 1 fully saturated rings. The van der Waals surface area contributed by atoms with Crippen LogP contribution in [0.5, 0.6) is 17.2 Å². The number of ether oxygens (including phenoxy) is 2. The Hall–Kier alpha value is -3.00. The Bertz CT molecular complexity index is 893. The van der Waals surface area contributed by atoms with Gasteiger partial charge in [0.05, 0.1) is 17.8 Å². The monoisotopic (exact) mass is 393 g/mol. The molecule has 0 aliphatic carbocycles. The van der Waals surface area contributed by atoms with E-state index < -0.39 is 11.9 Å². The zero-order valence-electron chi connectivity index (χ0n) is 14.6. The fraction of sp³-hybridized carbons (Fsp3) is 0.222. The van der Waals surface area contributed by atoms with Gasteiger partial charge in [0.25, 0.3) is 0 Å². The van der Waals surface area contributed by atoms with Gasteiger partial charge >= 0.3 is 6.03 Å². The molecule has 0 saturated carbocycles. The predicted octanol–water partition coefficient (Wildman–Crippen LogP) is 3.24. The summed E-state index contributed by atoms with van der Waals surface area (Å²) in [5.41, 5.74) is 0.363. The molecule has 0 radical (unpaired) electrons. The van der Waals surface area contributed by atoms with E-state index in [1.165, 1.54) is 24.1 Å². The van der Waals surface area contributed by atoms with Crippen molar-refractivity contribution in [1.82, 2.24) is 10.2 Å². The van der Waals surface area contributed by atoms with E-state index >= 15 is 0 Å². The number of methoxy groups -OCH3 is 1. The molecule has 1 saturated heterocycles. The number of rotatable bonds is 5. The van der Waals surface area contributed by atoms with Crippen molar-refractivity contribution in [3.8, 4) is 17.2 Å². The molecule has 142 valence electrons. The minimum atomic E-state index is -0.642. The number of carbonyl (C=O) groups is 2.